The Bertz CT molecular complexity index is 721. The first kappa shape index (κ1) is 21.6. The van der Waals surface area contributed by atoms with E-state index in [1.807, 2.05) is 12.1 Å². The van der Waals surface area contributed by atoms with Crippen LogP contribution in [0.5, 0.6) is 5.75 Å². The molecule has 0 heterocycles. The number of carboxylic acid groups (broad SMARTS) is 1. The Hall–Kier alpha value is -2.12. The first-order chi connectivity index (χ1) is 14.0. The molecular weight excluding hydrogens is 374 g/mol. The number of esters is 1. The van der Waals surface area contributed by atoms with Crippen LogP contribution in [0.2, 0.25) is 0 Å². The highest BCUT2D eigenvalue weighted by Crippen LogP contribution is 2.48. The van der Waals surface area contributed by atoms with Crippen molar-refractivity contribution in [3.63, 3.8) is 0 Å². The second-order valence-electron chi connectivity index (χ2n) is 8.02. The minimum Gasteiger partial charge on any atom is -0.482 e. The molecule has 7 nitrogen and oxygen atoms in total. The van der Waals surface area contributed by atoms with Gasteiger partial charge in [-0.3, -0.25) is 5.32 Å². The van der Waals surface area contributed by atoms with Crippen LogP contribution in [0, 0.1) is 17.8 Å². The fourth-order valence-electron chi connectivity index (χ4n) is 4.95. The van der Waals surface area contributed by atoms with Gasteiger partial charge in [0.05, 0.1) is 0 Å². The van der Waals surface area contributed by atoms with Crippen molar-refractivity contribution in [3.8, 4) is 5.75 Å². The van der Waals surface area contributed by atoms with Crippen LogP contribution in [0.1, 0.15) is 36.8 Å². The number of aliphatic carboxylic acids is 1. The average Bonchev–Trinajstić information content (AvgIpc) is 3.09. The van der Waals surface area contributed by atoms with Crippen LogP contribution in [0.25, 0.3) is 0 Å². The van der Waals surface area contributed by atoms with Crippen molar-refractivity contribution >= 4 is 11.9 Å². The summed E-state index contributed by atoms with van der Waals surface area (Å²) in [6.07, 6.45) is 5.81. The van der Waals surface area contributed by atoms with Crippen molar-refractivity contribution in [2.75, 3.05) is 27.4 Å². The number of methoxy groups -OCH3 is 1. The van der Waals surface area contributed by atoms with Crippen LogP contribution in [-0.4, -0.2) is 50.6 Å². The summed E-state index contributed by atoms with van der Waals surface area (Å²) < 4.78 is 15.8. The van der Waals surface area contributed by atoms with Gasteiger partial charge in [0, 0.05) is 7.11 Å². The molecule has 0 radical (unpaired) electrons. The molecule has 1 fully saturated rings. The maximum absolute atomic E-state index is 11.7. The van der Waals surface area contributed by atoms with Gasteiger partial charge in [-0.25, -0.2) is 9.59 Å². The van der Waals surface area contributed by atoms with Crippen LogP contribution in [0.15, 0.2) is 18.2 Å². The number of carbonyl (C=O) groups excluding carboxylic acids is 1. The Morgan fingerprint density at radius 3 is 2.79 bits per heavy atom. The molecule has 1 aromatic carbocycles. The average molecular weight is 405 g/mol. The molecule has 0 aliphatic heterocycles. The van der Waals surface area contributed by atoms with E-state index in [0.29, 0.717) is 23.5 Å². The predicted molar refractivity (Wildman–Crippen MR) is 107 cm³/mol. The summed E-state index contributed by atoms with van der Waals surface area (Å²) >= 11 is 0. The summed E-state index contributed by atoms with van der Waals surface area (Å²) in [7, 11) is 3.28. The highest BCUT2D eigenvalue weighted by molar-refractivity contribution is 5.70. The van der Waals surface area contributed by atoms with E-state index in [0.717, 1.165) is 25.7 Å². The third-order valence-electron chi connectivity index (χ3n) is 6.28. The van der Waals surface area contributed by atoms with E-state index in [-0.39, 0.29) is 25.4 Å². The van der Waals surface area contributed by atoms with Crippen LogP contribution in [0.4, 0.5) is 0 Å². The normalized spacial score (nSPS) is 23.7. The second kappa shape index (κ2) is 10.1. The lowest BCUT2D eigenvalue weighted by atomic mass is 9.73. The van der Waals surface area contributed by atoms with Crippen molar-refractivity contribution in [3.05, 3.63) is 29.3 Å². The zero-order chi connectivity index (χ0) is 20.8. The summed E-state index contributed by atoms with van der Waals surface area (Å²) in [4.78, 5) is 22.5. The van der Waals surface area contributed by atoms with Crippen molar-refractivity contribution in [1.29, 1.82) is 0 Å². The van der Waals surface area contributed by atoms with E-state index in [9.17, 15) is 9.59 Å². The van der Waals surface area contributed by atoms with Crippen LogP contribution in [-0.2, 0) is 31.9 Å². The smallest absolute Gasteiger partial charge is 0.341 e. The molecule has 29 heavy (non-hydrogen) atoms. The lowest BCUT2D eigenvalue weighted by molar-refractivity contribution is -0.155. The molecule has 0 amide bonds. The van der Waals surface area contributed by atoms with Gasteiger partial charge >= 0.3 is 11.9 Å². The molecule has 0 aromatic heterocycles. The maximum atomic E-state index is 11.7. The third kappa shape index (κ3) is 5.48. The number of benzene rings is 1. The van der Waals surface area contributed by atoms with Gasteiger partial charge < -0.3 is 19.3 Å². The molecule has 4 atom stereocenters. The van der Waals surface area contributed by atoms with Crippen LogP contribution < -0.4 is 10.1 Å². The molecule has 7 heteroatoms. The maximum Gasteiger partial charge on any atom is 0.341 e. The molecule has 2 aliphatic carbocycles. The Kier molecular flexibility index (Phi) is 7.50. The molecule has 160 valence electrons. The van der Waals surface area contributed by atoms with Crippen molar-refractivity contribution < 1.29 is 28.9 Å². The van der Waals surface area contributed by atoms with Gasteiger partial charge in [0.2, 0.25) is 0 Å². The molecule has 0 saturated heterocycles. The number of rotatable bonds is 10. The van der Waals surface area contributed by atoms with Crippen LogP contribution >= 0.6 is 0 Å². The summed E-state index contributed by atoms with van der Waals surface area (Å²) in [5.74, 6) is 1.23. The van der Waals surface area contributed by atoms with Gasteiger partial charge in [-0.15, -0.1) is 0 Å². The van der Waals surface area contributed by atoms with Gasteiger partial charge in [0.15, 0.2) is 12.8 Å². The van der Waals surface area contributed by atoms with E-state index < -0.39 is 5.97 Å². The summed E-state index contributed by atoms with van der Waals surface area (Å²) in [5.41, 5.74) is 2.45. The molecule has 0 spiro atoms. The van der Waals surface area contributed by atoms with Gasteiger partial charge in [-0.2, -0.15) is 0 Å². The van der Waals surface area contributed by atoms with Gasteiger partial charge in [-0.05, 0) is 80.5 Å². The van der Waals surface area contributed by atoms with E-state index in [4.69, 9.17) is 19.3 Å². The summed E-state index contributed by atoms with van der Waals surface area (Å²) in [5, 5.41) is 12.0. The summed E-state index contributed by atoms with van der Waals surface area (Å²) in [6, 6.07) is 5.96. The number of hydrogen-bond acceptors (Lipinski definition) is 6. The van der Waals surface area contributed by atoms with Gasteiger partial charge in [-0.1, -0.05) is 12.1 Å². The number of carboxylic acids is 1. The fraction of sp³-hybridized carbons (Fsp3) is 0.636. The Morgan fingerprint density at radius 2 is 2.07 bits per heavy atom. The molecule has 4 unspecified atom stereocenters. The van der Waals surface area contributed by atoms with Crippen molar-refractivity contribution in [2.45, 2.75) is 44.8 Å². The van der Waals surface area contributed by atoms with Gasteiger partial charge in [0.1, 0.15) is 12.4 Å². The SMILES string of the molecule is CNC(CCC1CCC2Cc3c(cccc3OCC(=O)O)CC12)OC(=O)COC. The first-order valence-electron chi connectivity index (χ1n) is 10.3. The number of carbonyl (C=O) groups is 2. The highest BCUT2D eigenvalue weighted by atomic mass is 16.6. The largest absolute Gasteiger partial charge is 0.482 e. The third-order valence-corrected chi connectivity index (χ3v) is 6.28. The Balaban J connectivity index is 1.60. The Morgan fingerprint density at radius 1 is 1.24 bits per heavy atom. The number of fused-ring (bicyclic) bond motifs is 2. The number of ether oxygens (including phenoxy) is 3. The van der Waals surface area contributed by atoms with Crippen LogP contribution in [0.3, 0.4) is 0 Å². The molecule has 1 saturated carbocycles. The molecule has 1 aromatic rings. The zero-order valence-electron chi connectivity index (χ0n) is 17.2. The molecule has 3 rings (SSSR count). The minimum absolute atomic E-state index is 0.0324. The quantitative estimate of drug-likeness (QED) is 0.456. The van der Waals surface area contributed by atoms with E-state index in [1.165, 1.54) is 31.1 Å². The highest BCUT2D eigenvalue weighted by Gasteiger charge is 2.40. The van der Waals surface area contributed by atoms with Crippen molar-refractivity contribution in [2.24, 2.45) is 17.8 Å². The Labute approximate surface area is 171 Å². The number of nitrogens with one attached hydrogen (secondary N) is 1. The van der Waals surface area contributed by atoms with E-state index >= 15 is 0 Å². The first-order valence-corrected chi connectivity index (χ1v) is 10.3. The molecule has 0 bridgehead atoms. The predicted octanol–water partition coefficient (Wildman–Crippen LogP) is 2.41. The fourth-order valence-corrected chi connectivity index (χ4v) is 4.95. The second-order valence-corrected chi connectivity index (χ2v) is 8.02. The number of hydrogen-bond donors (Lipinski definition) is 2. The monoisotopic (exact) mass is 405 g/mol. The summed E-state index contributed by atoms with van der Waals surface area (Å²) in [6.45, 7) is -0.338. The lowest BCUT2D eigenvalue weighted by Crippen LogP contribution is -2.33. The lowest BCUT2D eigenvalue weighted by Gasteiger charge is -2.32. The molecule has 2 N–H and O–H groups in total. The topological polar surface area (TPSA) is 94.1 Å². The molecule has 2 aliphatic rings. The van der Waals surface area contributed by atoms with E-state index in [2.05, 4.69) is 11.4 Å². The minimum atomic E-state index is -0.956. The zero-order valence-corrected chi connectivity index (χ0v) is 17.2. The molecular formula is C22H31NO6. The van der Waals surface area contributed by atoms with E-state index in [1.54, 1.807) is 7.05 Å². The van der Waals surface area contributed by atoms with Gasteiger partial charge in [0.25, 0.3) is 0 Å². The van der Waals surface area contributed by atoms with Crippen molar-refractivity contribution in [1.82, 2.24) is 5.32 Å². The standard InChI is InChI=1S/C22H31NO6/c1-23-20(29-22(26)13-27-2)9-8-14-6-7-16-11-18-15(10-17(14)16)4-3-5-19(18)28-12-21(24)25/h3-5,14,16-17,20,23H,6-13H2,1-2H3,(H,24,25).